The van der Waals surface area contributed by atoms with Gasteiger partial charge in [0.25, 0.3) is 5.91 Å². The maximum absolute atomic E-state index is 13.8. The van der Waals surface area contributed by atoms with Gasteiger partial charge in [-0.15, -0.1) is 0 Å². The first-order chi connectivity index (χ1) is 15.1. The largest absolute Gasteiger partial charge is 0.497 e. The zero-order valence-electron chi connectivity index (χ0n) is 16.8. The minimum atomic E-state index is -0.588. The van der Waals surface area contributed by atoms with Crippen molar-refractivity contribution in [1.82, 2.24) is 20.8 Å². The molecule has 1 aromatic heterocycles. The van der Waals surface area contributed by atoms with Gasteiger partial charge in [-0.3, -0.25) is 14.6 Å². The number of hydrogen-bond acceptors (Lipinski definition) is 7. The molecule has 0 saturated carbocycles. The number of aromatic nitrogens is 2. The van der Waals surface area contributed by atoms with E-state index in [9.17, 15) is 9.18 Å². The molecule has 31 heavy (non-hydrogen) atoms. The fourth-order valence-corrected chi connectivity index (χ4v) is 2.88. The highest BCUT2D eigenvalue weighted by Crippen LogP contribution is 2.22. The zero-order valence-corrected chi connectivity index (χ0v) is 16.8. The van der Waals surface area contributed by atoms with E-state index < -0.39 is 11.7 Å². The van der Waals surface area contributed by atoms with E-state index in [4.69, 9.17) is 14.3 Å². The number of rotatable bonds is 8. The predicted octanol–water partition coefficient (Wildman–Crippen LogP) is 2.50. The van der Waals surface area contributed by atoms with Gasteiger partial charge in [0.2, 0.25) is 0 Å². The van der Waals surface area contributed by atoms with Crippen LogP contribution in [0.25, 0.3) is 11.3 Å². The Balaban J connectivity index is 1.36. The summed E-state index contributed by atoms with van der Waals surface area (Å²) < 4.78 is 24.7. The van der Waals surface area contributed by atoms with Crippen molar-refractivity contribution in [2.24, 2.45) is 0 Å². The third-order valence-electron chi connectivity index (χ3n) is 4.71. The fourth-order valence-electron chi connectivity index (χ4n) is 2.88. The Hall–Kier alpha value is -3.56. The molecule has 0 atom stereocenters. The molecule has 1 aliphatic rings. The van der Waals surface area contributed by atoms with Gasteiger partial charge >= 0.3 is 0 Å². The van der Waals surface area contributed by atoms with Crippen LogP contribution < -0.4 is 20.3 Å². The number of methoxy groups -OCH3 is 1. The molecule has 0 radical (unpaired) electrons. The first-order valence-corrected chi connectivity index (χ1v) is 9.67. The third-order valence-corrected chi connectivity index (χ3v) is 4.71. The lowest BCUT2D eigenvalue weighted by molar-refractivity contribution is 0.0219. The van der Waals surface area contributed by atoms with Gasteiger partial charge in [-0.25, -0.2) is 14.9 Å². The summed E-state index contributed by atoms with van der Waals surface area (Å²) >= 11 is 0. The maximum atomic E-state index is 13.8. The molecule has 0 spiro atoms. The highest BCUT2D eigenvalue weighted by atomic mass is 19.1. The second-order valence-electron chi connectivity index (χ2n) is 6.89. The van der Waals surface area contributed by atoms with E-state index in [1.807, 2.05) is 24.3 Å². The first-order valence-electron chi connectivity index (χ1n) is 9.67. The van der Waals surface area contributed by atoms with Crippen molar-refractivity contribution in [3.05, 3.63) is 71.9 Å². The first kappa shape index (κ1) is 20.7. The molecule has 160 valence electrons. The third kappa shape index (κ3) is 5.14. The van der Waals surface area contributed by atoms with Crippen molar-refractivity contribution < 1.29 is 23.5 Å². The molecule has 0 bridgehead atoms. The average Bonchev–Trinajstić information content (AvgIpc) is 2.78. The Labute approximate surface area is 178 Å². The molecule has 0 aliphatic carbocycles. The summed E-state index contributed by atoms with van der Waals surface area (Å²) in [5.74, 6) is 0.217. The van der Waals surface area contributed by atoms with Crippen molar-refractivity contribution in [2.45, 2.75) is 12.7 Å². The minimum Gasteiger partial charge on any atom is -0.497 e. The van der Waals surface area contributed by atoms with E-state index in [-0.39, 0.29) is 24.0 Å². The molecule has 0 unspecified atom stereocenters. The highest BCUT2D eigenvalue weighted by Gasteiger charge is 2.18. The Morgan fingerprint density at radius 1 is 1.16 bits per heavy atom. The maximum Gasteiger partial charge on any atom is 0.295 e. The van der Waals surface area contributed by atoms with Crippen LogP contribution in [0.4, 0.5) is 4.39 Å². The molecule has 1 saturated heterocycles. The van der Waals surface area contributed by atoms with Gasteiger partial charge in [0, 0.05) is 24.2 Å². The molecule has 1 aliphatic heterocycles. The molecule has 8 nitrogen and oxygen atoms in total. The molecule has 2 aromatic carbocycles. The average molecular weight is 424 g/mol. The van der Waals surface area contributed by atoms with Gasteiger partial charge in [0.05, 0.1) is 25.2 Å². The Kier molecular flexibility index (Phi) is 6.34. The van der Waals surface area contributed by atoms with E-state index >= 15 is 0 Å². The lowest BCUT2D eigenvalue weighted by Gasteiger charge is -2.27. The van der Waals surface area contributed by atoms with Gasteiger partial charge in [0.15, 0.2) is 0 Å². The number of nitrogens with zero attached hydrogens (tertiary/aromatic N) is 2. The SMILES string of the molecule is COc1ccc(F)c(CONC(=O)c2cncc(-c3ccc(OC4CNC4)cc3)n2)c1. The molecular formula is C22H21FN4O4. The van der Waals surface area contributed by atoms with Crippen molar-refractivity contribution in [3.63, 3.8) is 0 Å². The lowest BCUT2D eigenvalue weighted by Crippen LogP contribution is -2.50. The molecule has 1 fully saturated rings. The van der Waals surface area contributed by atoms with Crippen LogP contribution in [0.5, 0.6) is 11.5 Å². The number of hydroxylamine groups is 1. The van der Waals surface area contributed by atoms with E-state index in [1.165, 1.54) is 31.5 Å². The van der Waals surface area contributed by atoms with Crippen molar-refractivity contribution in [1.29, 1.82) is 0 Å². The van der Waals surface area contributed by atoms with Crippen LogP contribution >= 0.6 is 0 Å². The number of amides is 1. The van der Waals surface area contributed by atoms with Crippen LogP contribution in [0.1, 0.15) is 16.1 Å². The summed E-state index contributed by atoms with van der Waals surface area (Å²) in [6, 6.07) is 11.7. The van der Waals surface area contributed by atoms with Gasteiger partial charge in [-0.2, -0.15) is 0 Å². The minimum absolute atomic E-state index is 0.0736. The van der Waals surface area contributed by atoms with Crippen molar-refractivity contribution >= 4 is 5.91 Å². The summed E-state index contributed by atoms with van der Waals surface area (Å²) in [5, 5.41) is 3.15. The number of benzene rings is 2. The molecule has 2 heterocycles. The number of carbonyl (C=O) groups excluding carboxylic acids is 1. The molecule has 9 heteroatoms. The van der Waals surface area contributed by atoms with Crippen LogP contribution in [-0.2, 0) is 11.4 Å². The van der Waals surface area contributed by atoms with E-state index in [1.54, 1.807) is 6.20 Å². The van der Waals surface area contributed by atoms with Crippen LogP contribution in [0.15, 0.2) is 54.9 Å². The standard InChI is InChI=1S/C22H21FN4O4/c1-29-17-6-7-19(23)15(8-17)13-30-27-22(28)21-12-25-11-20(26-21)14-2-4-16(5-3-14)31-18-9-24-10-18/h2-8,11-12,18,24H,9-10,13H2,1H3,(H,27,28). The predicted molar refractivity (Wildman–Crippen MR) is 110 cm³/mol. The molecule has 3 aromatic rings. The molecular weight excluding hydrogens is 403 g/mol. The van der Waals surface area contributed by atoms with Crippen LogP contribution in [0.3, 0.4) is 0 Å². The number of hydrogen-bond donors (Lipinski definition) is 2. The highest BCUT2D eigenvalue weighted by molar-refractivity contribution is 5.91. The normalized spacial score (nSPS) is 13.4. The summed E-state index contributed by atoms with van der Waals surface area (Å²) in [5.41, 5.74) is 3.91. The molecule has 2 N–H and O–H groups in total. The Bertz CT molecular complexity index is 1060. The summed E-state index contributed by atoms with van der Waals surface area (Å²) in [6.07, 6.45) is 3.09. The Morgan fingerprint density at radius 2 is 1.94 bits per heavy atom. The van der Waals surface area contributed by atoms with Gasteiger partial charge < -0.3 is 14.8 Å². The number of carbonyl (C=O) groups is 1. The smallest absolute Gasteiger partial charge is 0.295 e. The van der Waals surface area contributed by atoms with Gasteiger partial charge in [0.1, 0.15) is 35.7 Å². The van der Waals surface area contributed by atoms with Crippen molar-refractivity contribution in [3.8, 4) is 22.8 Å². The van der Waals surface area contributed by atoms with Crippen LogP contribution in [0, 0.1) is 5.82 Å². The summed E-state index contributed by atoms with van der Waals surface area (Å²) in [4.78, 5) is 25.9. The molecule has 4 rings (SSSR count). The fraction of sp³-hybridized carbons (Fsp3) is 0.227. The Morgan fingerprint density at radius 3 is 2.65 bits per heavy atom. The van der Waals surface area contributed by atoms with Crippen LogP contribution in [0.2, 0.25) is 0 Å². The molecule has 1 amide bonds. The van der Waals surface area contributed by atoms with Gasteiger partial charge in [-0.05, 0) is 42.5 Å². The lowest BCUT2D eigenvalue weighted by atomic mass is 10.1. The quantitative estimate of drug-likeness (QED) is 0.537. The van der Waals surface area contributed by atoms with E-state index in [0.29, 0.717) is 11.4 Å². The number of halogens is 1. The topological polar surface area (TPSA) is 94.6 Å². The summed E-state index contributed by atoms with van der Waals surface area (Å²) in [7, 11) is 1.48. The second-order valence-corrected chi connectivity index (χ2v) is 6.89. The van der Waals surface area contributed by atoms with Gasteiger partial charge in [-0.1, -0.05) is 0 Å². The second kappa shape index (κ2) is 9.50. The zero-order chi connectivity index (χ0) is 21.6. The van der Waals surface area contributed by atoms with Crippen LogP contribution in [-0.4, -0.2) is 42.2 Å². The van der Waals surface area contributed by atoms with E-state index in [2.05, 4.69) is 20.8 Å². The summed E-state index contributed by atoms with van der Waals surface area (Å²) in [6.45, 7) is 1.52. The number of nitrogens with one attached hydrogen (secondary N) is 2. The van der Waals surface area contributed by atoms with Crippen molar-refractivity contribution in [2.75, 3.05) is 20.2 Å². The monoisotopic (exact) mass is 424 g/mol. The number of ether oxygens (including phenoxy) is 2. The van der Waals surface area contributed by atoms with E-state index in [0.717, 1.165) is 24.4 Å².